The number of methoxy groups -OCH3 is 2. The molecule has 2 fully saturated rings. The molecule has 3 unspecified atom stereocenters. The highest BCUT2D eigenvalue weighted by atomic mass is 35.5. The van der Waals surface area contributed by atoms with Crippen LogP contribution in [0.1, 0.15) is 40.5 Å². The van der Waals surface area contributed by atoms with Gasteiger partial charge in [-0.3, -0.25) is 14.4 Å². The quantitative estimate of drug-likeness (QED) is 0.403. The first-order valence-corrected chi connectivity index (χ1v) is 13.5. The Hall–Kier alpha value is -3.58. The molecule has 2 amide bonds. The Bertz CT molecular complexity index is 1480. The summed E-state index contributed by atoms with van der Waals surface area (Å²) in [5.74, 6) is -0.623. The molecule has 8 nitrogen and oxygen atoms in total. The largest absolute Gasteiger partial charge is 0.497 e. The predicted octanol–water partition coefficient (Wildman–Crippen LogP) is 5.22. The topological polar surface area (TPSA) is 92.1 Å². The molecule has 3 aromatic rings. The van der Waals surface area contributed by atoms with Crippen LogP contribution < -0.4 is 19.4 Å². The molecule has 0 spiro atoms. The third kappa shape index (κ3) is 3.75. The number of benzene rings is 2. The third-order valence-electron chi connectivity index (χ3n) is 7.42. The van der Waals surface area contributed by atoms with Crippen molar-refractivity contribution in [2.45, 2.75) is 37.8 Å². The summed E-state index contributed by atoms with van der Waals surface area (Å²) in [6.07, 6.45) is 2.60. The summed E-state index contributed by atoms with van der Waals surface area (Å²) in [7, 11) is 3.11. The van der Waals surface area contributed by atoms with Gasteiger partial charge in [-0.2, -0.15) is 5.26 Å². The monoisotopic (exact) mass is 549 g/mol. The van der Waals surface area contributed by atoms with Crippen LogP contribution in [0.2, 0.25) is 5.02 Å². The van der Waals surface area contributed by atoms with Crippen LogP contribution in [0.15, 0.2) is 42.5 Å². The van der Waals surface area contributed by atoms with Gasteiger partial charge in [0.25, 0.3) is 5.91 Å². The normalized spacial score (nSPS) is 22.3. The molecule has 38 heavy (non-hydrogen) atoms. The Morgan fingerprint density at radius 1 is 1.05 bits per heavy atom. The van der Waals surface area contributed by atoms with E-state index in [1.807, 2.05) is 6.07 Å². The van der Waals surface area contributed by atoms with Gasteiger partial charge in [0.05, 0.1) is 31.5 Å². The van der Waals surface area contributed by atoms with Crippen molar-refractivity contribution < 1.29 is 23.9 Å². The average molecular weight is 550 g/mol. The number of nitrogens with zero attached hydrogens (tertiary/aromatic N) is 3. The molecule has 0 N–H and O–H groups in total. The summed E-state index contributed by atoms with van der Waals surface area (Å²) in [5.41, 5.74) is 2.71. The minimum absolute atomic E-state index is 0.394. The van der Waals surface area contributed by atoms with Gasteiger partial charge in [-0.15, -0.1) is 11.3 Å². The number of aryl methyl sites for hydroxylation is 1. The van der Waals surface area contributed by atoms with Crippen molar-refractivity contribution in [3.8, 4) is 17.6 Å². The zero-order valence-corrected chi connectivity index (χ0v) is 22.3. The second-order valence-corrected chi connectivity index (χ2v) is 10.9. The molecular weight excluding hydrogens is 526 g/mol. The van der Waals surface area contributed by atoms with Gasteiger partial charge < -0.3 is 9.47 Å². The van der Waals surface area contributed by atoms with Crippen LogP contribution in [-0.4, -0.2) is 32.1 Å². The average Bonchev–Trinajstić information content (AvgIpc) is 3.58. The van der Waals surface area contributed by atoms with Crippen molar-refractivity contribution in [1.29, 1.82) is 5.26 Å². The second-order valence-electron chi connectivity index (χ2n) is 9.42. The number of thiophene rings is 1. The fourth-order valence-electron chi connectivity index (χ4n) is 5.63. The Morgan fingerprint density at radius 3 is 2.53 bits per heavy atom. The zero-order chi connectivity index (χ0) is 26.6. The molecule has 0 radical (unpaired) electrons. The van der Waals surface area contributed by atoms with E-state index in [1.54, 1.807) is 55.7 Å². The van der Waals surface area contributed by atoms with Crippen LogP contribution in [0.5, 0.6) is 11.5 Å². The van der Waals surface area contributed by atoms with E-state index >= 15 is 0 Å². The van der Waals surface area contributed by atoms with Gasteiger partial charge in [-0.1, -0.05) is 11.6 Å². The van der Waals surface area contributed by atoms with Crippen molar-refractivity contribution in [1.82, 2.24) is 0 Å². The van der Waals surface area contributed by atoms with Crippen LogP contribution in [0.4, 0.5) is 10.7 Å². The number of carbonyl (C=O) groups is 2. The van der Waals surface area contributed by atoms with Gasteiger partial charge in [0, 0.05) is 21.5 Å². The number of hydrogen-bond donors (Lipinski definition) is 0. The Balaban J connectivity index is 1.47. The number of carbonyl (C=O) groups excluding carboxylic acids is 2. The number of fused-ring (bicyclic) bond motifs is 2. The predicted molar refractivity (Wildman–Crippen MR) is 143 cm³/mol. The maximum Gasteiger partial charge on any atom is 0.267 e. The lowest BCUT2D eigenvalue weighted by atomic mass is 9.90. The number of rotatable bonds is 5. The third-order valence-corrected chi connectivity index (χ3v) is 8.95. The first kappa shape index (κ1) is 24.7. The van der Waals surface area contributed by atoms with E-state index in [0.717, 1.165) is 36.1 Å². The van der Waals surface area contributed by atoms with Crippen molar-refractivity contribution in [3.05, 3.63) is 69.1 Å². The summed E-state index contributed by atoms with van der Waals surface area (Å²) in [6.45, 7) is 0. The minimum atomic E-state index is -1.05. The van der Waals surface area contributed by atoms with Crippen molar-refractivity contribution in [3.63, 3.8) is 0 Å². The molecule has 3 aliphatic rings. The molecule has 3 heterocycles. The Kier molecular flexibility index (Phi) is 6.26. The fourth-order valence-corrected chi connectivity index (χ4v) is 7.10. The molecule has 1 aromatic heterocycles. The second kappa shape index (κ2) is 9.62. The summed E-state index contributed by atoms with van der Waals surface area (Å²) >= 11 is 7.50. The number of amides is 2. The van der Waals surface area contributed by atoms with E-state index in [4.69, 9.17) is 25.9 Å². The molecule has 2 aliphatic heterocycles. The van der Waals surface area contributed by atoms with E-state index in [2.05, 4.69) is 6.07 Å². The SMILES string of the molecule is COc1ccc(C2C3C(=O)N(c4sc5c(c4C#N)CCCC5)C(=O)C3ON2c2ccc(Cl)cc2)c(OC)c1. The van der Waals surface area contributed by atoms with Gasteiger partial charge in [-0.05, 0) is 67.6 Å². The first-order chi connectivity index (χ1) is 18.5. The van der Waals surface area contributed by atoms with Crippen LogP contribution in [0, 0.1) is 17.2 Å². The molecule has 2 aromatic carbocycles. The van der Waals surface area contributed by atoms with Crippen LogP contribution in [-0.2, 0) is 27.3 Å². The smallest absolute Gasteiger partial charge is 0.267 e. The number of hydroxylamine groups is 1. The van der Waals surface area contributed by atoms with Crippen molar-refractivity contribution >= 4 is 45.4 Å². The highest BCUT2D eigenvalue weighted by Gasteiger charge is 2.61. The number of anilines is 2. The van der Waals surface area contributed by atoms with Crippen LogP contribution >= 0.6 is 22.9 Å². The Morgan fingerprint density at radius 2 is 1.82 bits per heavy atom. The number of hydrogen-bond acceptors (Lipinski definition) is 8. The molecule has 194 valence electrons. The van der Waals surface area contributed by atoms with Crippen LogP contribution in [0.3, 0.4) is 0 Å². The molecule has 3 atom stereocenters. The number of ether oxygens (including phenoxy) is 2. The van der Waals surface area contributed by atoms with Crippen LogP contribution in [0.25, 0.3) is 0 Å². The highest BCUT2D eigenvalue weighted by Crippen LogP contribution is 2.52. The lowest BCUT2D eigenvalue weighted by Gasteiger charge is -2.29. The number of imide groups is 1. The van der Waals surface area contributed by atoms with E-state index < -0.39 is 29.9 Å². The molecular formula is C28H24ClN3O5S. The number of nitriles is 1. The van der Waals surface area contributed by atoms with Gasteiger partial charge in [0.2, 0.25) is 5.91 Å². The van der Waals surface area contributed by atoms with Gasteiger partial charge in [-0.25, -0.2) is 9.96 Å². The maximum absolute atomic E-state index is 14.1. The molecule has 0 bridgehead atoms. The molecule has 1 aliphatic carbocycles. The zero-order valence-electron chi connectivity index (χ0n) is 20.8. The van der Waals surface area contributed by atoms with E-state index in [-0.39, 0.29) is 0 Å². The standard InChI is InChI=1S/C28H24ClN3O5S/c1-35-17-11-12-19(21(13-17)36-2)24-23-25(37-32(24)16-9-7-15(29)8-10-16)27(34)31(26(23)33)28-20(14-30)18-5-3-4-6-22(18)38-28/h7-13,23-25H,3-6H2,1-2H3. The molecule has 10 heteroatoms. The van der Waals surface area contributed by atoms with E-state index in [0.29, 0.717) is 38.3 Å². The summed E-state index contributed by atoms with van der Waals surface area (Å²) in [4.78, 5) is 36.5. The minimum Gasteiger partial charge on any atom is -0.497 e. The van der Waals surface area contributed by atoms with Gasteiger partial charge in [0.1, 0.15) is 28.5 Å². The summed E-state index contributed by atoms with van der Waals surface area (Å²) in [5, 5.41) is 12.5. The highest BCUT2D eigenvalue weighted by molar-refractivity contribution is 7.17. The molecule has 6 rings (SSSR count). The maximum atomic E-state index is 14.1. The van der Waals surface area contributed by atoms with Crippen molar-refractivity contribution in [2.75, 3.05) is 24.2 Å². The molecule has 2 saturated heterocycles. The van der Waals surface area contributed by atoms with E-state index in [9.17, 15) is 14.9 Å². The van der Waals surface area contributed by atoms with Crippen molar-refractivity contribution in [2.24, 2.45) is 5.92 Å². The first-order valence-electron chi connectivity index (χ1n) is 12.3. The van der Waals surface area contributed by atoms with Gasteiger partial charge in [0.15, 0.2) is 6.10 Å². The summed E-state index contributed by atoms with van der Waals surface area (Å²) < 4.78 is 11.0. The lowest BCUT2D eigenvalue weighted by Crippen LogP contribution is -2.37. The van der Waals surface area contributed by atoms with E-state index in [1.165, 1.54) is 16.2 Å². The number of halogens is 1. The summed E-state index contributed by atoms with van der Waals surface area (Å²) in [6, 6.07) is 13.9. The fraction of sp³-hybridized carbons (Fsp3) is 0.321. The Labute approximate surface area is 228 Å². The lowest BCUT2D eigenvalue weighted by molar-refractivity contribution is -0.126. The molecule has 0 saturated carbocycles. The van der Waals surface area contributed by atoms with Gasteiger partial charge >= 0.3 is 0 Å².